The molecule has 3 heteroatoms. The van der Waals surface area contributed by atoms with Crippen molar-refractivity contribution in [2.45, 2.75) is 27.3 Å². The van der Waals surface area contributed by atoms with Crippen molar-refractivity contribution in [2.24, 2.45) is 7.05 Å². The van der Waals surface area contributed by atoms with Gasteiger partial charge in [-0.15, -0.1) is 0 Å². The fourth-order valence-corrected chi connectivity index (χ4v) is 1.33. The first kappa shape index (κ1) is 9.84. The lowest BCUT2D eigenvalue weighted by Gasteiger charge is -2.02. The van der Waals surface area contributed by atoms with E-state index >= 15 is 0 Å². The minimum atomic E-state index is 0.0147. The van der Waals surface area contributed by atoms with Crippen LogP contribution in [0.4, 0.5) is 0 Å². The highest BCUT2D eigenvalue weighted by atomic mass is 16.1. The maximum atomic E-state index is 10.7. The monoisotopic (exact) mass is 180 g/mol. The van der Waals surface area contributed by atoms with Gasteiger partial charge >= 0.3 is 0 Å². The van der Waals surface area contributed by atoms with E-state index in [0.717, 1.165) is 0 Å². The maximum Gasteiger partial charge on any atom is 0.217 e. The lowest BCUT2D eigenvalue weighted by Crippen LogP contribution is -2.19. The topological polar surface area (TPSA) is 34.0 Å². The van der Waals surface area contributed by atoms with Gasteiger partial charge in [0, 0.05) is 31.9 Å². The molecule has 0 bridgehead atoms. The average molecular weight is 180 g/mol. The molecule has 0 aliphatic carbocycles. The normalized spacial score (nSPS) is 10.2. The van der Waals surface area contributed by atoms with Gasteiger partial charge in [-0.1, -0.05) is 0 Å². The van der Waals surface area contributed by atoms with Gasteiger partial charge in [0.1, 0.15) is 0 Å². The van der Waals surface area contributed by atoms with E-state index in [1.165, 1.54) is 23.9 Å². The lowest BCUT2D eigenvalue weighted by molar-refractivity contribution is -0.119. The number of aromatic nitrogens is 1. The van der Waals surface area contributed by atoms with Crippen LogP contribution in [0.3, 0.4) is 0 Å². The van der Waals surface area contributed by atoms with Crippen molar-refractivity contribution in [3.8, 4) is 0 Å². The summed E-state index contributed by atoms with van der Waals surface area (Å²) in [6.45, 7) is 6.28. The first-order valence-electron chi connectivity index (χ1n) is 4.38. The quantitative estimate of drug-likeness (QED) is 0.731. The minimum Gasteiger partial charge on any atom is -0.352 e. The average Bonchev–Trinajstić information content (AvgIpc) is 2.29. The number of carbonyl (C=O) groups excluding carboxylic acids is 1. The second-order valence-corrected chi connectivity index (χ2v) is 3.37. The summed E-state index contributed by atoms with van der Waals surface area (Å²) in [6, 6.07) is 2.10. The number of amides is 1. The first-order valence-corrected chi connectivity index (χ1v) is 4.38. The highest BCUT2D eigenvalue weighted by Crippen LogP contribution is 2.12. The Bertz CT molecular complexity index is 326. The molecule has 0 aliphatic heterocycles. The molecule has 0 unspecified atom stereocenters. The molecule has 0 radical (unpaired) electrons. The molecular weight excluding hydrogens is 164 g/mol. The molecule has 0 atom stereocenters. The van der Waals surface area contributed by atoms with Crippen LogP contribution in [-0.2, 0) is 18.4 Å². The zero-order valence-electron chi connectivity index (χ0n) is 8.64. The number of hydrogen-bond donors (Lipinski definition) is 1. The SMILES string of the molecule is CC(=O)NCc1cc(C)n(C)c1C. The number of carbonyl (C=O) groups is 1. The highest BCUT2D eigenvalue weighted by molar-refractivity contribution is 5.72. The Morgan fingerprint density at radius 1 is 1.54 bits per heavy atom. The Hall–Kier alpha value is -1.25. The Morgan fingerprint density at radius 3 is 2.54 bits per heavy atom. The van der Waals surface area contributed by atoms with Crippen molar-refractivity contribution in [3.63, 3.8) is 0 Å². The largest absolute Gasteiger partial charge is 0.352 e. The van der Waals surface area contributed by atoms with E-state index < -0.39 is 0 Å². The highest BCUT2D eigenvalue weighted by Gasteiger charge is 2.05. The van der Waals surface area contributed by atoms with E-state index in [1.807, 2.05) is 7.05 Å². The van der Waals surface area contributed by atoms with Crippen molar-refractivity contribution < 1.29 is 4.79 Å². The van der Waals surface area contributed by atoms with Crippen molar-refractivity contribution in [3.05, 3.63) is 23.0 Å². The standard InChI is InChI=1S/C10H16N2O/c1-7-5-10(6-11-9(3)13)8(2)12(7)4/h5H,6H2,1-4H3,(H,11,13). The van der Waals surface area contributed by atoms with Crippen LogP contribution >= 0.6 is 0 Å². The predicted octanol–water partition coefficient (Wildman–Crippen LogP) is 1.28. The van der Waals surface area contributed by atoms with Gasteiger partial charge in [0.25, 0.3) is 0 Å². The summed E-state index contributed by atoms with van der Waals surface area (Å²) in [5.74, 6) is 0.0147. The molecule has 1 rings (SSSR count). The summed E-state index contributed by atoms with van der Waals surface area (Å²) in [5, 5.41) is 2.79. The molecule has 0 saturated carbocycles. The van der Waals surface area contributed by atoms with E-state index in [1.54, 1.807) is 0 Å². The van der Waals surface area contributed by atoms with E-state index in [9.17, 15) is 4.79 Å². The fraction of sp³-hybridized carbons (Fsp3) is 0.500. The number of aryl methyl sites for hydroxylation is 1. The predicted molar refractivity (Wildman–Crippen MR) is 52.4 cm³/mol. The first-order chi connectivity index (χ1) is 6.02. The number of rotatable bonds is 2. The zero-order chi connectivity index (χ0) is 10.0. The molecule has 3 nitrogen and oxygen atoms in total. The molecule has 72 valence electrons. The van der Waals surface area contributed by atoms with Crippen molar-refractivity contribution in [2.75, 3.05) is 0 Å². The lowest BCUT2D eigenvalue weighted by atomic mass is 10.2. The second kappa shape index (κ2) is 3.64. The molecule has 1 amide bonds. The zero-order valence-corrected chi connectivity index (χ0v) is 8.64. The van der Waals surface area contributed by atoms with Gasteiger partial charge in [0.15, 0.2) is 0 Å². The molecule has 0 aliphatic rings. The van der Waals surface area contributed by atoms with Gasteiger partial charge in [0.2, 0.25) is 5.91 Å². The molecular formula is C10H16N2O. The van der Waals surface area contributed by atoms with Gasteiger partial charge in [-0.3, -0.25) is 4.79 Å². The molecule has 13 heavy (non-hydrogen) atoms. The van der Waals surface area contributed by atoms with Crippen LogP contribution < -0.4 is 5.32 Å². The van der Waals surface area contributed by atoms with Gasteiger partial charge in [-0.05, 0) is 25.5 Å². The van der Waals surface area contributed by atoms with E-state index in [2.05, 4.69) is 29.8 Å². The Balaban J connectivity index is 2.78. The number of nitrogens with zero attached hydrogens (tertiary/aromatic N) is 1. The van der Waals surface area contributed by atoms with Crippen LogP contribution in [0.5, 0.6) is 0 Å². The molecule has 0 saturated heterocycles. The summed E-state index contributed by atoms with van der Waals surface area (Å²) < 4.78 is 2.12. The molecule has 1 aromatic rings. The van der Waals surface area contributed by atoms with Gasteiger partial charge in [-0.2, -0.15) is 0 Å². The van der Waals surface area contributed by atoms with Crippen LogP contribution in [0, 0.1) is 13.8 Å². The Labute approximate surface area is 78.8 Å². The molecule has 0 aromatic carbocycles. The Kier molecular flexibility index (Phi) is 2.76. The van der Waals surface area contributed by atoms with Crippen LogP contribution in [-0.4, -0.2) is 10.5 Å². The van der Waals surface area contributed by atoms with Gasteiger partial charge in [0.05, 0.1) is 0 Å². The smallest absolute Gasteiger partial charge is 0.217 e. The third-order valence-corrected chi connectivity index (χ3v) is 2.41. The molecule has 0 spiro atoms. The van der Waals surface area contributed by atoms with Crippen LogP contribution in [0.15, 0.2) is 6.07 Å². The molecule has 1 heterocycles. The molecule has 0 fully saturated rings. The van der Waals surface area contributed by atoms with E-state index in [-0.39, 0.29) is 5.91 Å². The second-order valence-electron chi connectivity index (χ2n) is 3.37. The fourth-order valence-electron chi connectivity index (χ4n) is 1.33. The van der Waals surface area contributed by atoms with E-state index in [4.69, 9.17) is 0 Å². The summed E-state index contributed by atoms with van der Waals surface area (Å²) in [7, 11) is 2.03. The van der Waals surface area contributed by atoms with Crippen molar-refractivity contribution >= 4 is 5.91 Å². The van der Waals surface area contributed by atoms with Crippen LogP contribution in [0.25, 0.3) is 0 Å². The third kappa shape index (κ3) is 2.11. The third-order valence-electron chi connectivity index (χ3n) is 2.41. The summed E-state index contributed by atoms with van der Waals surface area (Å²) in [4.78, 5) is 10.7. The summed E-state index contributed by atoms with van der Waals surface area (Å²) >= 11 is 0. The van der Waals surface area contributed by atoms with Crippen LogP contribution in [0.1, 0.15) is 23.9 Å². The van der Waals surface area contributed by atoms with E-state index in [0.29, 0.717) is 6.54 Å². The van der Waals surface area contributed by atoms with Crippen LogP contribution in [0.2, 0.25) is 0 Å². The van der Waals surface area contributed by atoms with Crippen molar-refractivity contribution in [1.82, 2.24) is 9.88 Å². The van der Waals surface area contributed by atoms with Gasteiger partial charge < -0.3 is 9.88 Å². The minimum absolute atomic E-state index is 0.0147. The number of nitrogens with one attached hydrogen (secondary N) is 1. The van der Waals surface area contributed by atoms with Crippen molar-refractivity contribution in [1.29, 1.82) is 0 Å². The maximum absolute atomic E-state index is 10.7. The summed E-state index contributed by atoms with van der Waals surface area (Å²) in [5.41, 5.74) is 3.62. The summed E-state index contributed by atoms with van der Waals surface area (Å²) in [6.07, 6.45) is 0. The molecule has 1 N–H and O–H groups in total. The molecule has 1 aromatic heterocycles. The van der Waals surface area contributed by atoms with Gasteiger partial charge in [-0.25, -0.2) is 0 Å². The Morgan fingerprint density at radius 2 is 2.15 bits per heavy atom. The number of hydrogen-bond acceptors (Lipinski definition) is 1.